The third-order valence-corrected chi connectivity index (χ3v) is 4.96. The van der Waals surface area contributed by atoms with E-state index in [-0.39, 0.29) is 5.95 Å². The van der Waals surface area contributed by atoms with Gasteiger partial charge in [0.2, 0.25) is 12.4 Å². The van der Waals surface area contributed by atoms with Crippen molar-refractivity contribution in [3.63, 3.8) is 0 Å². The molecule has 0 bridgehead atoms. The number of aromatic nitrogens is 3. The summed E-state index contributed by atoms with van der Waals surface area (Å²) >= 11 is 7.41. The number of rotatable bonds is 6. The highest BCUT2D eigenvalue weighted by molar-refractivity contribution is 8.00. The van der Waals surface area contributed by atoms with Crippen LogP contribution in [0.1, 0.15) is 0 Å². The highest BCUT2D eigenvalue weighted by Crippen LogP contribution is 2.29. The number of carbonyl (C=O) groups is 1. The van der Waals surface area contributed by atoms with E-state index in [1.165, 1.54) is 11.9 Å². The predicted molar refractivity (Wildman–Crippen MR) is 110 cm³/mol. The van der Waals surface area contributed by atoms with Crippen molar-refractivity contribution in [2.75, 3.05) is 10.0 Å². The third-order valence-electron chi connectivity index (χ3n) is 3.86. The Morgan fingerprint density at radius 1 is 1.00 bits per heavy atom. The van der Waals surface area contributed by atoms with Gasteiger partial charge in [-0.15, -0.1) is 0 Å². The molecule has 0 aliphatic heterocycles. The maximum atomic E-state index is 10.7. The highest BCUT2D eigenvalue weighted by atomic mass is 35.5. The Kier molecular flexibility index (Phi) is 4.95. The number of halogens is 1. The Labute approximate surface area is 164 Å². The van der Waals surface area contributed by atoms with Crippen molar-refractivity contribution >= 4 is 52.6 Å². The van der Waals surface area contributed by atoms with Crippen LogP contribution in [0, 0.1) is 0 Å². The third kappa shape index (κ3) is 3.89. The number of benzene rings is 2. The van der Waals surface area contributed by atoms with Gasteiger partial charge in [-0.1, -0.05) is 23.7 Å². The largest absolute Gasteiger partial charge is 0.346 e. The van der Waals surface area contributed by atoms with Gasteiger partial charge in [0.1, 0.15) is 5.65 Å². The summed E-state index contributed by atoms with van der Waals surface area (Å²) in [6.45, 7) is 0. The Hall–Kier alpha value is -3.03. The fourth-order valence-electron chi connectivity index (χ4n) is 2.60. The molecule has 0 atom stereocenters. The Bertz CT molecular complexity index is 1080. The second kappa shape index (κ2) is 7.69. The number of nitrogens with one attached hydrogen (secondary N) is 3. The summed E-state index contributed by atoms with van der Waals surface area (Å²) in [5.74, 6) is 0.260. The zero-order valence-corrected chi connectivity index (χ0v) is 15.5. The number of aromatic amines is 1. The SMILES string of the molecule is O=CNc1nc(-c2ccc(NSc3ccc(Cl)cc3)cc2)c2cc[nH]c2n1. The first-order valence-electron chi connectivity index (χ1n) is 8.07. The first-order chi connectivity index (χ1) is 13.2. The molecule has 0 radical (unpaired) electrons. The van der Waals surface area contributed by atoms with Gasteiger partial charge in [0.15, 0.2) is 0 Å². The zero-order chi connectivity index (χ0) is 18.6. The first-order valence-corrected chi connectivity index (χ1v) is 9.26. The van der Waals surface area contributed by atoms with Crippen LogP contribution in [0.15, 0.2) is 65.7 Å². The van der Waals surface area contributed by atoms with Crippen LogP contribution in [-0.4, -0.2) is 21.4 Å². The molecule has 0 saturated heterocycles. The lowest BCUT2D eigenvalue weighted by atomic mass is 10.1. The number of H-pyrrole nitrogens is 1. The smallest absolute Gasteiger partial charge is 0.231 e. The van der Waals surface area contributed by atoms with E-state index in [9.17, 15) is 4.79 Å². The lowest BCUT2D eigenvalue weighted by molar-refractivity contribution is -0.105. The van der Waals surface area contributed by atoms with Crippen LogP contribution in [0.2, 0.25) is 5.02 Å². The maximum Gasteiger partial charge on any atom is 0.231 e. The van der Waals surface area contributed by atoms with Gasteiger partial charge in [-0.2, -0.15) is 4.98 Å². The Morgan fingerprint density at radius 3 is 2.52 bits per heavy atom. The van der Waals surface area contributed by atoms with Crippen molar-refractivity contribution in [2.45, 2.75) is 4.90 Å². The van der Waals surface area contributed by atoms with Gasteiger partial charge in [-0.05, 0) is 54.4 Å². The quantitative estimate of drug-likeness (QED) is 0.317. The van der Waals surface area contributed by atoms with E-state index in [0.717, 1.165) is 27.2 Å². The number of nitrogens with zero attached hydrogens (tertiary/aromatic N) is 2. The van der Waals surface area contributed by atoms with E-state index in [1.54, 1.807) is 6.20 Å². The molecule has 0 unspecified atom stereocenters. The fourth-order valence-corrected chi connectivity index (χ4v) is 3.37. The van der Waals surface area contributed by atoms with Crippen molar-refractivity contribution in [2.24, 2.45) is 0 Å². The summed E-state index contributed by atoms with van der Waals surface area (Å²) in [6.07, 6.45) is 2.36. The van der Waals surface area contributed by atoms with Crippen molar-refractivity contribution < 1.29 is 4.79 Å². The molecule has 27 heavy (non-hydrogen) atoms. The molecule has 0 aliphatic carbocycles. The second-order valence-electron chi connectivity index (χ2n) is 5.63. The molecule has 0 saturated carbocycles. The van der Waals surface area contributed by atoms with Crippen molar-refractivity contribution in [3.05, 3.63) is 65.8 Å². The van der Waals surface area contributed by atoms with Gasteiger partial charge in [0, 0.05) is 32.8 Å². The highest BCUT2D eigenvalue weighted by Gasteiger charge is 2.10. The number of anilines is 2. The Balaban J connectivity index is 1.56. The standard InChI is InChI=1S/C19H14ClN5OS/c20-13-3-7-15(8-4-13)27-25-14-5-1-12(2-6-14)17-16-9-10-21-18(16)24-19(23-17)22-11-26/h1-11,25H,(H2,21,22,23,24,26). The number of carbonyl (C=O) groups excluding carboxylic acids is 1. The molecule has 0 aliphatic rings. The van der Waals surface area contributed by atoms with Crippen molar-refractivity contribution in [1.82, 2.24) is 15.0 Å². The normalized spacial score (nSPS) is 10.7. The maximum absolute atomic E-state index is 10.7. The van der Waals surface area contributed by atoms with Gasteiger partial charge >= 0.3 is 0 Å². The average molecular weight is 396 g/mol. The summed E-state index contributed by atoms with van der Waals surface area (Å²) in [6, 6.07) is 17.5. The number of hydrogen-bond acceptors (Lipinski definition) is 5. The summed E-state index contributed by atoms with van der Waals surface area (Å²) < 4.78 is 3.30. The molecular formula is C19H14ClN5OS. The molecule has 2 heterocycles. The summed E-state index contributed by atoms with van der Waals surface area (Å²) in [5, 5.41) is 4.11. The number of fused-ring (bicyclic) bond motifs is 1. The zero-order valence-electron chi connectivity index (χ0n) is 13.9. The molecule has 2 aromatic heterocycles. The van der Waals surface area contributed by atoms with E-state index in [4.69, 9.17) is 11.6 Å². The topological polar surface area (TPSA) is 82.7 Å². The van der Waals surface area contributed by atoms with Crippen LogP contribution in [0.5, 0.6) is 0 Å². The van der Waals surface area contributed by atoms with Crippen LogP contribution in [-0.2, 0) is 4.79 Å². The molecule has 0 fully saturated rings. The molecule has 4 rings (SSSR count). The Morgan fingerprint density at radius 2 is 1.78 bits per heavy atom. The monoisotopic (exact) mass is 395 g/mol. The van der Waals surface area contributed by atoms with E-state index >= 15 is 0 Å². The summed E-state index contributed by atoms with van der Waals surface area (Å²) in [5.41, 5.74) is 3.31. The number of hydrogen-bond donors (Lipinski definition) is 3. The minimum atomic E-state index is 0.260. The van der Waals surface area contributed by atoms with Gasteiger partial charge in [-0.3, -0.25) is 10.1 Å². The van der Waals surface area contributed by atoms with Crippen LogP contribution >= 0.6 is 23.5 Å². The molecular weight excluding hydrogens is 382 g/mol. The van der Waals surface area contributed by atoms with Gasteiger partial charge in [-0.25, -0.2) is 4.98 Å². The van der Waals surface area contributed by atoms with Gasteiger partial charge in [0.05, 0.1) is 5.69 Å². The van der Waals surface area contributed by atoms with Crippen molar-refractivity contribution in [1.29, 1.82) is 0 Å². The first kappa shape index (κ1) is 17.4. The summed E-state index contributed by atoms with van der Waals surface area (Å²) in [7, 11) is 0. The molecule has 8 heteroatoms. The van der Waals surface area contributed by atoms with E-state index < -0.39 is 0 Å². The minimum Gasteiger partial charge on any atom is -0.346 e. The molecule has 6 nitrogen and oxygen atoms in total. The molecule has 4 aromatic rings. The van der Waals surface area contributed by atoms with Crippen LogP contribution in [0.25, 0.3) is 22.3 Å². The fraction of sp³-hybridized carbons (Fsp3) is 0. The number of amides is 1. The van der Waals surface area contributed by atoms with Crippen LogP contribution < -0.4 is 10.0 Å². The lowest BCUT2D eigenvalue weighted by Gasteiger charge is -2.08. The minimum absolute atomic E-state index is 0.260. The molecule has 3 N–H and O–H groups in total. The van der Waals surface area contributed by atoms with Crippen LogP contribution in [0.3, 0.4) is 0 Å². The summed E-state index contributed by atoms with van der Waals surface area (Å²) in [4.78, 5) is 23.6. The second-order valence-corrected chi connectivity index (χ2v) is 6.95. The molecule has 134 valence electrons. The average Bonchev–Trinajstić information content (AvgIpc) is 3.16. The predicted octanol–water partition coefficient (Wildman–Crippen LogP) is 4.97. The van der Waals surface area contributed by atoms with Crippen LogP contribution in [0.4, 0.5) is 11.6 Å². The molecule has 1 amide bonds. The molecule has 0 spiro atoms. The van der Waals surface area contributed by atoms with E-state index in [0.29, 0.717) is 17.1 Å². The van der Waals surface area contributed by atoms with Gasteiger partial charge < -0.3 is 9.71 Å². The van der Waals surface area contributed by atoms with E-state index in [1.807, 2.05) is 54.6 Å². The lowest BCUT2D eigenvalue weighted by Crippen LogP contribution is -2.01. The van der Waals surface area contributed by atoms with E-state index in [2.05, 4.69) is 25.0 Å². The molecule has 2 aromatic carbocycles. The van der Waals surface area contributed by atoms with Crippen molar-refractivity contribution in [3.8, 4) is 11.3 Å². The van der Waals surface area contributed by atoms with Gasteiger partial charge in [0.25, 0.3) is 0 Å².